The molecule has 9 rings (SSSR count). The molecule has 4 bridgehead atoms. The monoisotopic (exact) mass is 330 g/mol. The van der Waals surface area contributed by atoms with Gasteiger partial charge in [-0.1, -0.05) is 0 Å². The smallest absolute Gasteiger partial charge is 0.131 e. The Kier molecular flexibility index (Phi) is 2.03. The van der Waals surface area contributed by atoms with Crippen LogP contribution >= 0.6 is 0 Å². The highest BCUT2D eigenvalue weighted by Crippen LogP contribution is 2.93. The summed E-state index contributed by atoms with van der Waals surface area (Å²) in [4.78, 5) is 5.50. The van der Waals surface area contributed by atoms with Gasteiger partial charge in [0.1, 0.15) is 11.4 Å². The minimum absolute atomic E-state index is 0.0918. The van der Waals surface area contributed by atoms with E-state index in [2.05, 4.69) is 9.80 Å². The van der Waals surface area contributed by atoms with Gasteiger partial charge in [0.25, 0.3) is 0 Å². The van der Waals surface area contributed by atoms with Crippen molar-refractivity contribution in [3.05, 3.63) is 0 Å². The summed E-state index contributed by atoms with van der Waals surface area (Å²) in [6.07, 6.45) is 1.53. The third-order valence-corrected chi connectivity index (χ3v) is 9.75. The molecule has 4 heterocycles. The topological polar surface area (TPSA) is 34.2 Å². The predicted octanol–water partition coefficient (Wildman–Crippen LogP) is 0.461. The van der Waals surface area contributed by atoms with Gasteiger partial charge in [-0.15, -0.1) is 0 Å². The van der Waals surface area contributed by atoms with E-state index >= 15 is 0 Å². The van der Waals surface area contributed by atoms with Crippen molar-refractivity contribution in [3.63, 3.8) is 0 Å². The number of morpholine rings is 2. The van der Waals surface area contributed by atoms with E-state index < -0.39 is 0 Å². The van der Waals surface area contributed by atoms with Gasteiger partial charge in [-0.2, -0.15) is 0 Å². The second-order valence-corrected chi connectivity index (χ2v) is 9.63. The van der Waals surface area contributed by atoms with E-state index in [1.165, 1.54) is 6.42 Å². The molecule has 0 N–H and O–H groups in total. The Morgan fingerprint density at radius 2 is 1.08 bits per heavy atom. The van der Waals surface area contributed by atoms with E-state index in [0.717, 1.165) is 99.9 Å². The van der Waals surface area contributed by atoms with Crippen LogP contribution in [0.25, 0.3) is 0 Å². The van der Waals surface area contributed by atoms with E-state index in [4.69, 9.17) is 14.2 Å². The first-order valence-corrected chi connectivity index (χ1v) is 10.2. The number of nitrogens with zero attached hydrogens (tertiary/aromatic N) is 2. The number of rotatable bonds is 2. The van der Waals surface area contributed by atoms with Crippen LogP contribution in [0.5, 0.6) is 0 Å². The summed E-state index contributed by atoms with van der Waals surface area (Å²) in [6, 6.07) is 0. The van der Waals surface area contributed by atoms with E-state index in [0.29, 0.717) is 0 Å². The molecule has 0 radical (unpaired) electrons. The van der Waals surface area contributed by atoms with E-state index in [-0.39, 0.29) is 11.4 Å². The van der Waals surface area contributed by atoms with E-state index in [1.807, 2.05) is 0 Å². The SMILES string of the molecule is C1CN(C23OC4(N5CCOCC5)C5C6CC(C7C6C4C72)C53)CCO1. The first kappa shape index (κ1) is 13.0. The van der Waals surface area contributed by atoms with E-state index in [9.17, 15) is 0 Å². The van der Waals surface area contributed by atoms with Crippen molar-refractivity contribution in [2.75, 3.05) is 52.6 Å². The first-order chi connectivity index (χ1) is 11.9. The van der Waals surface area contributed by atoms with Crippen LogP contribution in [0.4, 0.5) is 0 Å². The van der Waals surface area contributed by atoms with Crippen LogP contribution in [0.2, 0.25) is 0 Å². The van der Waals surface area contributed by atoms with Gasteiger partial charge < -0.3 is 14.2 Å². The van der Waals surface area contributed by atoms with Crippen LogP contribution in [0.1, 0.15) is 6.42 Å². The zero-order chi connectivity index (χ0) is 15.3. The minimum Gasteiger partial charge on any atom is -0.379 e. The second kappa shape index (κ2) is 3.74. The largest absolute Gasteiger partial charge is 0.379 e. The maximum absolute atomic E-state index is 7.36. The maximum Gasteiger partial charge on any atom is 0.131 e. The van der Waals surface area contributed by atoms with Gasteiger partial charge in [-0.3, -0.25) is 9.80 Å². The lowest BCUT2D eigenvalue weighted by molar-refractivity contribution is -0.226. The number of ether oxygens (including phenoxy) is 3. The van der Waals surface area contributed by atoms with Crippen molar-refractivity contribution in [3.8, 4) is 0 Å². The lowest BCUT2D eigenvalue weighted by Gasteiger charge is -2.52. The number of hydrogen-bond donors (Lipinski definition) is 0. The first-order valence-electron chi connectivity index (χ1n) is 10.2. The van der Waals surface area contributed by atoms with Gasteiger partial charge in [0.05, 0.1) is 26.4 Å². The molecule has 5 saturated carbocycles. The third kappa shape index (κ3) is 0.986. The molecule has 130 valence electrons. The minimum atomic E-state index is 0.0918. The average Bonchev–Trinajstić information content (AvgIpc) is 3.28. The summed E-state index contributed by atoms with van der Waals surface area (Å²) < 4.78 is 18.7. The molecule has 0 amide bonds. The van der Waals surface area contributed by atoms with Crippen LogP contribution in [-0.4, -0.2) is 73.9 Å². The van der Waals surface area contributed by atoms with Gasteiger partial charge in [-0.05, 0) is 30.1 Å². The molecule has 9 aliphatic rings. The average molecular weight is 330 g/mol. The Morgan fingerprint density at radius 1 is 0.625 bits per heavy atom. The highest BCUT2D eigenvalue weighted by Gasteiger charge is 2.98. The van der Waals surface area contributed by atoms with Gasteiger partial charge in [0.15, 0.2) is 0 Å². The Hall–Kier alpha value is -0.200. The fourth-order valence-corrected chi connectivity index (χ4v) is 9.82. The Balaban J connectivity index is 1.31. The fourth-order valence-electron chi connectivity index (χ4n) is 9.82. The molecule has 0 aromatic rings. The Labute approximate surface area is 142 Å². The number of hydrogen-bond acceptors (Lipinski definition) is 5. The molecule has 4 saturated heterocycles. The molecule has 10 atom stereocenters. The van der Waals surface area contributed by atoms with Crippen molar-refractivity contribution in [2.24, 2.45) is 47.3 Å². The van der Waals surface area contributed by atoms with Crippen LogP contribution < -0.4 is 0 Å². The summed E-state index contributed by atoms with van der Waals surface area (Å²) in [5.41, 5.74) is 0.184. The quantitative estimate of drug-likeness (QED) is 0.735. The van der Waals surface area contributed by atoms with Crippen molar-refractivity contribution in [1.82, 2.24) is 9.80 Å². The summed E-state index contributed by atoms with van der Waals surface area (Å²) in [6.45, 7) is 7.92. The fraction of sp³-hybridized carbons (Fsp3) is 1.00. The van der Waals surface area contributed by atoms with Gasteiger partial charge >= 0.3 is 0 Å². The molecule has 0 aromatic heterocycles. The highest BCUT2D eigenvalue weighted by atomic mass is 16.6. The summed E-state index contributed by atoms with van der Waals surface area (Å²) in [5.74, 6) is 7.31. The second-order valence-electron chi connectivity index (χ2n) is 9.63. The molecule has 9 fully saturated rings. The van der Waals surface area contributed by atoms with Gasteiger partial charge in [0, 0.05) is 49.9 Å². The van der Waals surface area contributed by atoms with Crippen LogP contribution in [0.3, 0.4) is 0 Å². The molecule has 24 heavy (non-hydrogen) atoms. The zero-order valence-electron chi connectivity index (χ0n) is 14.1. The van der Waals surface area contributed by atoms with Gasteiger partial charge in [0.2, 0.25) is 0 Å². The van der Waals surface area contributed by atoms with Gasteiger partial charge in [-0.25, -0.2) is 0 Å². The third-order valence-electron chi connectivity index (χ3n) is 9.75. The molecule has 0 aromatic carbocycles. The Morgan fingerprint density at radius 3 is 1.54 bits per heavy atom. The maximum atomic E-state index is 7.36. The van der Waals surface area contributed by atoms with Crippen molar-refractivity contribution in [1.29, 1.82) is 0 Å². The molecule has 4 aliphatic heterocycles. The molecular weight excluding hydrogens is 304 g/mol. The molecule has 5 heteroatoms. The molecule has 5 aliphatic carbocycles. The molecule has 0 spiro atoms. The molecular formula is C19H26N2O3. The molecule has 5 nitrogen and oxygen atoms in total. The Bertz CT molecular complexity index is 576. The normalized spacial score (nSPS) is 68.5. The molecule has 10 unspecified atom stereocenters. The summed E-state index contributed by atoms with van der Waals surface area (Å²) >= 11 is 0. The predicted molar refractivity (Wildman–Crippen MR) is 83.9 cm³/mol. The standard InChI is InChI=1S/C19H26N2O3/c1-5-22-6-2-20(1)18-14-10-9-11-13-12(10)16(18)17(13)19(24-18,15(11)14)21-3-7-23-8-4-21/h10-17H,1-9H2. The van der Waals surface area contributed by atoms with Crippen LogP contribution in [0, 0.1) is 47.3 Å². The summed E-state index contributed by atoms with van der Waals surface area (Å²) in [7, 11) is 0. The van der Waals surface area contributed by atoms with Crippen LogP contribution in [-0.2, 0) is 14.2 Å². The van der Waals surface area contributed by atoms with Crippen molar-refractivity contribution < 1.29 is 14.2 Å². The highest BCUT2D eigenvalue weighted by molar-refractivity contribution is 5.42. The van der Waals surface area contributed by atoms with Crippen molar-refractivity contribution >= 4 is 0 Å². The van der Waals surface area contributed by atoms with E-state index in [1.54, 1.807) is 0 Å². The van der Waals surface area contributed by atoms with Crippen molar-refractivity contribution in [2.45, 2.75) is 17.9 Å². The lowest BCUT2D eigenvalue weighted by Crippen LogP contribution is -2.63. The van der Waals surface area contributed by atoms with Crippen LogP contribution in [0.15, 0.2) is 0 Å². The summed E-state index contributed by atoms with van der Waals surface area (Å²) in [5, 5.41) is 0. The lowest BCUT2D eigenvalue weighted by atomic mass is 9.57. The zero-order valence-corrected chi connectivity index (χ0v) is 14.1.